The number of rotatable bonds is 5. The summed E-state index contributed by atoms with van der Waals surface area (Å²) in [5.74, 6) is -32.5. The fourth-order valence-corrected chi connectivity index (χ4v) is 1.37. The molecule has 0 saturated carbocycles. The van der Waals surface area contributed by atoms with Gasteiger partial charge in [-0.1, -0.05) is 0 Å². The Labute approximate surface area is 182 Å². The van der Waals surface area contributed by atoms with Crippen LogP contribution in [0.3, 0.4) is 0 Å². The third-order valence-electron chi connectivity index (χ3n) is 2.23. The van der Waals surface area contributed by atoms with Crippen molar-refractivity contribution in [1.29, 1.82) is 0 Å². The molecule has 18 heteroatoms. The van der Waals surface area contributed by atoms with Gasteiger partial charge in [-0.25, -0.2) is 0 Å². The van der Waals surface area contributed by atoms with Crippen LogP contribution >= 0.6 is 0 Å². The van der Waals surface area contributed by atoms with Gasteiger partial charge in [0.1, 0.15) is 0 Å². The maximum absolute atomic E-state index is 12.7. The van der Waals surface area contributed by atoms with Crippen LogP contribution in [0.25, 0.3) is 0 Å². The molecule has 3 nitrogen and oxygen atoms in total. The summed E-state index contributed by atoms with van der Waals surface area (Å²) in [5.41, 5.74) is 0. The molecule has 0 aliphatic heterocycles. The average molecular weight is 534 g/mol. The molecule has 0 spiro atoms. The van der Waals surface area contributed by atoms with E-state index >= 15 is 0 Å². The number of alkyl halides is 13. The van der Waals surface area contributed by atoms with Crippen molar-refractivity contribution in [1.82, 2.24) is 0 Å². The van der Waals surface area contributed by atoms with Crippen molar-refractivity contribution in [3.8, 4) is 0 Å². The van der Waals surface area contributed by atoms with E-state index in [9.17, 15) is 65.5 Å². The summed E-state index contributed by atoms with van der Waals surface area (Å²) in [6, 6.07) is 0. The first-order valence-corrected chi connectivity index (χ1v) is 5.87. The van der Waals surface area contributed by atoms with E-state index in [-0.39, 0.29) is 68.9 Å². The third kappa shape index (κ3) is 3.70. The van der Waals surface area contributed by atoms with Gasteiger partial charge in [0.2, 0.25) is 0 Å². The summed E-state index contributed by atoms with van der Waals surface area (Å²) in [6.07, 6.45) is -7.59. The molecule has 0 aromatic rings. The molecule has 1 N–H and O–H groups in total. The molecule has 0 fully saturated rings. The van der Waals surface area contributed by atoms with Crippen molar-refractivity contribution in [2.75, 3.05) is 0 Å². The molecule has 0 aliphatic rings. The van der Waals surface area contributed by atoms with E-state index in [0.29, 0.717) is 0 Å². The molecule has 0 bridgehead atoms. The average Bonchev–Trinajstić information content (AvgIpc) is 2.24. The van der Waals surface area contributed by atoms with Crippen molar-refractivity contribution in [2.24, 2.45) is 0 Å². The fourth-order valence-electron chi connectivity index (χ4n) is 0.917. The molecule has 142 valence electrons. The summed E-state index contributed by atoms with van der Waals surface area (Å²) in [4.78, 5) is 0. The second-order valence-corrected chi connectivity index (χ2v) is 5.25. The molecule has 0 heterocycles. The SMILES string of the molecule is O=S(=O)(O)C(F)(F)C(F)(F)C(F)(F)C(F)(F)C(F)(F)C(F)(F)F.[CsH]. The Kier molecular flexibility index (Phi) is 7.84. The van der Waals surface area contributed by atoms with E-state index in [4.69, 9.17) is 4.55 Å². The third-order valence-corrected chi connectivity index (χ3v) is 3.13. The Hall–Kier alpha value is 1.05. The predicted molar refractivity (Wildman–Crippen MR) is 49.5 cm³/mol. The molecule has 0 amide bonds. The topological polar surface area (TPSA) is 54.4 Å². The standard InChI is InChI=1S/C6HF13O3S.Cs.H/c7-1(8,3(11,12)5(15,16)17)2(9,10)4(13,14)6(18,19)23(20,21)22;;/h(H,20,21,22);;. The van der Waals surface area contributed by atoms with E-state index in [1.165, 1.54) is 0 Å². The molecule has 0 radical (unpaired) electrons. The van der Waals surface area contributed by atoms with Crippen LogP contribution in [-0.4, -0.2) is 117 Å². The first kappa shape index (κ1) is 27.3. The summed E-state index contributed by atoms with van der Waals surface area (Å²) in [6.45, 7) is 0. The zero-order chi connectivity index (χ0) is 19.5. The monoisotopic (exact) mass is 534 g/mol. The second-order valence-electron chi connectivity index (χ2n) is 3.79. The van der Waals surface area contributed by atoms with Crippen LogP contribution in [0, 0.1) is 0 Å². The van der Waals surface area contributed by atoms with Gasteiger partial charge >= 0.3 is 114 Å². The van der Waals surface area contributed by atoms with Gasteiger partial charge in [-0.2, -0.15) is 65.5 Å². The van der Waals surface area contributed by atoms with Gasteiger partial charge in [-0.15, -0.1) is 0 Å². The predicted octanol–water partition coefficient (Wildman–Crippen LogP) is 2.92. The van der Waals surface area contributed by atoms with Crippen LogP contribution in [0.1, 0.15) is 0 Å². The van der Waals surface area contributed by atoms with Crippen molar-refractivity contribution in [3.63, 3.8) is 0 Å². The molecule has 24 heavy (non-hydrogen) atoms. The van der Waals surface area contributed by atoms with Crippen LogP contribution in [0.4, 0.5) is 57.1 Å². The molecule has 0 rings (SSSR count). The first-order valence-electron chi connectivity index (χ1n) is 4.43. The van der Waals surface area contributed by atoms with E-state index < -0.39 is 45.2 Å². The van der Waals surface area contributed by atoms with Crippen molar-refractivity contribution >= 4 is 79.0 Å². The van der Waals surface area contributed by atoms with Crippen LogP contribution in [0.5, 0.6) is 0 Å². The Balaban J connectivity index is 0. The minimum absolute atomic E-state index is 0. The number of hydrogen-bond acceptors (Lipinski definition) is 2. The van der Waals surface area contributed by atoms with E-state index in [0.717, 1.165) is 0 Å². The van der Waals surface area contributed by atoms with Crippen LogP contribution in [0.2, 0.25) is 0 Å². The zero-order valence-corrected chi connectivity index (χ0v) is 10.4. The number of hydrogen-bond donors (Lipinski definition) is 1. The summed E-state index contributed by atoms with van der Waals surface area (Å²) in [5, 5.41) is -7.52. The van der Waals surface area contributed by atoms with Crippen molar-refractivity contribution in [2.45, 2.75) is 35.1 Å². The molecule has 0 aromatic heterocycles. The Bertz CT molecular complexity index is 565. The maximum atomic E-state index is 12.7. The molecule has 0 atom stereocenters. The molecule has 0 saturated heterocycles. The Morgan fingerprint density at radius 1 is 0.542 bits per heavy atom. The zero-order valence-electron chi connectivity index (χ0n) is 9.59. The fraction of sp³-hybridized carbons (Fsp3) is 1.00. The first-order chi connectivity index (χ1) is 9.50. The quantitative estimate of drug-likeness (QED) is 0.437. The summed E-state index contributed by atoms with van der Waals surface area (Å²) < 4.78 is 188. The second kappa shape index (κ2) is 6.90. The molecule has 0 unspecified atom stereocenters. The van der Waals surface area contributed by atoms with Crippen LogP contribution in [0.15, 0.2) is 0 Å². The van der Waals surface area contributed by atoms with Crippen molar-refractivity contribution in [3.05, 3.63) is 0 Å². The number of halogens is 13. The van der Waals surface area contributed by atoms with Gasteiger partial charge in [-0.3, -0.25) is 4.55 Å². The Morgan fingerprint density at radius 3 is 1.00 bits per heavy atom. The Morgan fingerprint density at radius 2 is 0.792 bits per heavy atom. The summed E-state index contributed by atoms with van der Waals surface area (Å²) in [7, 11) is -7.61. The normalized spacial score (nSPS) is 15.9. The van der Waals surface area contributed by atoms with Crippen LogP contribution in [-0.2, 0) is 10.1 Å². The molecule has 0 aromatic carbocycles. The summed E-state index contributed by atoms with van der Waals surface area (Å²) >= 11 is 0. The molecule has 0 aliphatic carbocycles. The van der Waals surface area contributed by atoms with Gasteiger partial charge in [0.05, 0.1) is 0 Å². The van der Waals surface area contributed by atoms with E-state index in [1.807, 2.05) is 0 Å². The van der Waals surface area contributed by atoms with Crippen LogP contribution < -0.4 is 0 Å². The molecular weight excluding hydrogens is 532 g/mol. The van der Waals surface area contributed by atoms with Gasteiger partial charge in [0.25, 0.3) is 0 Å². The van der Waals surface area contributed by atoms with E-state index in [1.54, 1.807) is 0 Å². The molecular formula is C6H2CsF13O3S. The minimum atomic E-state index is -8.25. The van der Waals surface area contributed by atoms with Gasteiger partial charge < -0.3 is 0 Å². The van der Waals surface area contributed by atoms with Gasteiger partial charge in [-0.05, 0) is 0 Å². The van der Waals surface area contributed by atoms with Crippen molar-refractivity contribution < 1.29 is 70.0 Å². The van der Waals surface area contributed by atoms with Gasteiger partial charge in [0, 0.05) is 0 Å². The van der Waals surface area contributed by atoms with Gasteiger partial charge in [0.15, 0.2) is 0 Å². The van der Waals surface area contributed by atoms with E-state index in [2.05, 4.69) is 0 Å².